The van der Waals surface area contributed by atoms with E-state index in [1.807, 2.05) is 42.5 Å². The van der Waals surface area contributed by atoms with Crippen LogP contribution >= 0.6 is 15.9 Å². The van der Waals surface area contributed by atoms with Gasteiger partial charge in [-0.1, -0.05) is 52.3 Å². The number of benzene rings is 2. The van der Waals surface area contributed by atoms with Gasteiger partial charge in [-0.25, -0.2) is 4.79 Å². The zero-order chi connectivity index (χ0) is 16.7. The number of urea groups is 1. The first-order valence-corrected chi connectivity index (χ1v) is 8.01. The summed E-state index contributed by atoms with van der Waals surface area (Å²) in [6, 6.07) is 14.3. The highest BCUT2D eigenvalue weighted by atomic mass is 79.9. The van der Waals surface area contributed by atoms with Gasteiger partial charge in [-0.2, -0.15) is 0 Å². The summed E-state index contributed by atoms with van der Waals surface area (Å²) in [6.07, 6.45) is -0.768. The van der Waals surface area contributed by atoms with Crippen molar-refractivity contribution in [3.8, 4) is 0 Å². The number of hydrogen-bond donors (Lipinski definition) is 4. The maximum atomic E-state index is 11.8. The van der Waals surface area contributed by atoms with E-state index in [0.717, 1.165) is 21.2 Å². The number of aliphatic hydroxyl groups excluding tert-OH is 2. The van der Waals surface area contributed by atoms with Gasteiger partial charge in [-0.15, -0.1) is 0 Å². The molecular formula is C17H19BrN2O3. The molecule has 0 fully saturated rings. The minimum atomic E-state index is -0.768. The van der Waals surface area contributed by atoms with Crippen molar-refractivity contribution in [3.05, 3.63) is 69.7 Å². The third-order valence-electron chi connectivity index (χ3n) is 3.32. The molecule has 0 saturated heterocycles. The van der Waals surface area contributed by atoms with Crippen LogP contribution in [-0.4, -0.2) is 22.8 Å². The van der Waals surface area contributed by atoms with Crippen molar-refractivity contribution in [2.75, 3.05) is 6.54 Å². The summed E-state index contributed by atoms with van der Waals surface area (Å²) in [5, 5.41) is 24.5. The lowest BCUT2D eigenvalue weighted by Crippen LogP contribution is -2.37. The molecule has 4 N–H and O–H groups in total. The van der Waals surface area contributed by atoms with Gasteiger partial charge in [0.25, 0.3) is 0 Å². The molecule has 0 heterocycles. The Balaban J connectivity index is 1.78. The molecule has 122 valence electrons. The molecule has 0 saturated carbocycles. The van der Waals surface area contributed by atoms with E-state index in [2.05, 4.69) is 26.6 Å². The van der Waals surface area contributed by atoms with Gasteiger partial charge >= 0.3 is 6.03 Å². The summed E-state index contributed by atoms with van der Waals surface area (Å²) in [7, 11) is 0. The average molecular weight is 379 g/mol. The molecule has 0 aliphatic carbocycles. The van der Waals surface area contributed by atoms with Crippen LogP contribution in [0.4, 0.5) is 4.79 Å². The quantitative estimate of drug-likeness (QED) is 0.623. The first-order chi connectivity index (χ1) is 11.1. The summed E-state index contributed by atoms with van der Waals surface area (Å²) in [5.74, 6) is 0. The molecule has 2 aromatic carbocycles. The Kier molecular flexibility index (Phi) is 6.58. The Morgan fingerprint density at radius 1 is 1.09 bits per heavy atom. The summed E-state index contributed by atoms with van der Waals surface area (Å²) in [4.78, 5) is 11.8. The maximum Gasteiger partial charge on any atom is 0.315 e. The van der Waals surface area contributed by atoms with Crippen molar-refractivity contribution in [1.82, 2.24) is 10.6 Å². The molecule has 6 heteroatoms. The second-order valence-electron chi connectivity index (χ2n) is 5.11. The highest BCUT2D eigenvalue weighted by Gasteiger charge is 2.09. The molecule has 0 bridgehead atoms. The fraction of sp³-hybridized carbons (Fsp3) is 0.235. The number of nitrogens with one attached hydrogen (secondary N) is 2. The Labute approximate surface area is 143 Å². The minimum absolute atomic E-state index is 0.0289. The summed E-state index contributed by atoms with van der Waals surface area (Å²) < 4.78 is 0.877. The Hall–Kier alpha value is -1.89. The van der Waals surface area contributed by atoms with Crippen LogP contribution in [0.15, 0.2) is 53.0 Å². The summed E-state index contributed by atoms with van der Waals surface area (Å²) >= 11 is 3.34. The van der Waals surface area contributed by atoms with Crippen molar-refractivity contribution in [2.45, 2.75) is 19.3 Å². The fourth-order valence-electron chi connectivity index (χ4n) is 2.10. The van der Waals surface area contributed by atoms with Crippen molar-refractivity contribution in [1.29, 1.82) is 0 Å². The van der Waals surface area contributed by atoms with Crippen LogP contribution in [-0.2, 0) is 13.2 Å². The second-order valence-corrected chi connectivity index (χ2v) is 6.03. The van der Waals surface area contributed by atoms with Gasteiger partial charge in [-0.05, 0) is 28.8 Å². The van der Waals surface area contributed by atoms with E-state index in [0.29, 0.717) is 6.54 Å². The summed E-state index contributed by atoms with van der Waals surface area (Å²) in [6.45, 7) is 0.449. The third-order valence-corrected chi connectivity index (χ3v) is 3.81. The number of rotatable bonds is 6. The fourth-order valence-corrected chi connectivity index (χ4v) is 2.52. The van der Waals surface area contributed by atoms with Gasteiger partial charge in [0.2, 0.25) is 0 Å². The van der Waals surface area contributed by atoms with Gasteiger partial charge in [0.05, 0.1) is 12.7 Å². The molecular weight excluding hydrogens is 360 g/mol. The number of hydrogen-bond acceptors (Lipinski definition) is 3. The van der Waals surface area contributed by atoms with E-state index in [1.54, 1.807) is 6.07 Å². The summed E-state index contributed by atoms with van der Waals surface area (Å²) in [5.41, 5.74) is 2.43. The lowest BCUT2D eigenvalue weighted by molar-refractivity contribution is 0.173. The molecule has 0 aromatic heterocycles. The van der Waals surface area contributed by atoms with Gasteiger partial charge in [0.15, 0.2) is 0 Å². The Bertz CT molecular complexity index is 664. The third kappa shape index (κ3) is 5.67. The predicted octanol–water partition coefficient (Wildman–Crippen LogP) is 2.47. The molecule has 23 heavy (non-hydrogen) atoms. The van der Waals surface area contributed by atoms with E-state index >= 15 is 0 Å². The van der Waals surface area contributed by atoms with Crippen LogP contribution in [0, 0.1) is 0 Å². The number of aliphatic hydroxyl groups is 2. The van der Waals surface area contributed by atoms with Crippen molar-refractivity contribution >= 4 is 22.0 Å². The molecule has 0 aliphatic rings. The van der Waals surface area contributed by atoms with Gasteiger partial charge in [0, 0.05) is 17.6 Å². The molecule has 1 atom stereocenters. The SMILES string of the molecule is O=C(NCc1cccc(CO)c1)NC[C@H](O)c1cccc(Br)c1. The van der Waals surface area contributed by atoms with Crippen molar-refractivity contribution < 1.29 is 15.0 Å². The van der Waals surface area contributed by atoms with E-state index in [9.17, 15) is 9.90 Å². The number of halogens is 1. The number of amides is 2. The Morgan fingerprint density at radius 3 is 2.57 bits per heavy atom. The highest BCUT2D eigenvalue weighted by Crippen LogP contribution is 2.17. The highest BCUT2D eigenvalue weighted by molar-refractivity contribution is 9.10. The average Bonchev–Trinajstić information content (AvgIpc) is 2.58. The molecule has 5 nitrogen and oxygen atoms in total. The molecule has 0 spiro atoms. The first kappa shape index (κ1) is 17.5. The van der Waals surface area contributed by atoms with Crippen LogP contribution in [0.1, 0.15) is 22.8 Å². The van der Waals surface area contributed by atoms with Crippen LogP contribution in [0.25, 0.3) is 0 Å². The second kappa shape index (κ2) is 8.67. The van der Waals surface area contributed by atoms with Crippen LogP contribution in [0.2, 0.25) is 0 Å². The van der Waals surface area contributed by atoms with E-state index in [4.69, 9.17) is 5.11 Å². The zero-order valence-electron chi connectivity index (χ0n) is 12.5. The van der Waals surface area contributed by atoms with Crippen LogP contribution in [0.3, 0.4) is 0 Å². The van der Waals surface area contributed by atoms with E-state index in [1.165, 1.54) is 0 Å². The zero-order valence-corrected chi connectivity index (χ0v) is 14.1. The van der Waals surface area contributed by atoms with Gasteiger partial charge in [0.1, 0.15) is 0 Å². The molecule has 2 amide bonds. The number of carbonyl (C=O) groups is 1. The maximum absolute atomic E-state index is 11.8. The van der Waals surface area contributed by atoms with Crippen LogP contribution in [0.5, 0.6) is 0 Å². The molecule has 2 aromatic rings. The van der Waals surface area contributed by atoms with Gasteiger partial charge in [-0.3, -0.25) is 0 Å². The topological polar surface area (TPSA) is 81.6 Å². The van der Waals surface area contributed by atoms with E-state index in [-0.39, 0.29) is 19.2 Å². The Morgan fingerprint density at radius 2 is 1.83 bits per heavy atom. The lowest BCUT2D eigenvalue weighted by atomic mass is 10.1. The standard InChI is InChI=1S/C17H19BrN2O3/c18-15-6-2-5-14(8-15)16(22)10-20-17(23)19-9-12-3-1-4-13(7-12)11-21/h1-8,16,21-22H,9-11H2,(H2,19,20,23)/t16-/m0/s1. The van der Waals surface area contributed by atoms with Crippen molar-refractivity contribution in [3.63, 3.8) is 0 Å². The lowest BCUT2D eigenvalue weighted by Gasteiger charge is -2.13. The molecule has 2 rings (SSSR count). The minimum Gasteiger partial charge on any atom is -0.392 e. The van der Waals surface area contributed by atoms with Gasteiger partial charge < -0.3 is 20.8 Å². The largest absolute Gasteiger partial charge is 0.392 e. The van der Waals surface area contributed by atoms with Crippen LogP contribution < -0.4 is 10.6 Å². The molecule has 0 unspecified atom stereocenters. The normalized spacial score (nSPS) is 11.8. The van der Waals surface area contributed by atoms with Crippen molar-refractivity contribution in [2.24, 2.45) is 0 Å². The number of carbonyl (C=O) groups excluding carboxylic acids is 1. The predicted molar refractivity (Wildman–Crippen MR) is 91.7 cm³/mol. The van der Waals surface area contributed by atoms with E-state index < -0.39 is 6.10 Å². The molecule has 0 aliphatic heterocycles. The monoisotopic (exact) mass is 378 g/mol. The smallest absolute Gasteiger partial charge is 0.315 e. The molecule has 0 radical (unpaired) electrons. The first-order valence-electron chi connectivity index (χ1n) is 7.22.